The molecule has 1 aromatic carbocycles. The van der Waals surface area contributed by atoms with Gasteiger partial charge in [-0.15, -0.1) is 0 Å². The number of esters is 1. The first-order chi connectivity index (χ1) is 8.84. The minimum absolute atomic E-state index is 0.103. The molecule has 0 aliphatic carbocycles. The van der Waals surface area contributed by atoms with Crippen LogP contribution in [0.2, 0.25) is 0 Å². The third-order valence-corrected chi connectivity index (χ3v) is 2.62. The largest absolute Gasteiger partial charge is 0.460 e. The van der Waals surface area contributed by atoms with Crippen LogP contribution in [0.25, 0.3) is 0 Å². The number of ketones is 1. The smallest absolute Gasteiger partial charge is 0.320 e. The van der Waals surface area contributed by atoms with Gasteiger partial charge >= 0.3 is 5.97 Å². The zero-order valence-electron chi connectivity index (χ0n) is 11.9. The number of Topliss-reactive ketones (excluding diaryl/α,β-unsaturated/α-hetero) is 1. The van der Waals surface area contributed by atoms with Gasteiger partial charge in [0, 0.05) is 11.0 Å². The topological polar surface area (TPSA) is 55.4 Å². The molecule has 1 aromatic rings. The lowest BCUT2D eigenvalue weighted by molar-refractivity contribution is -0.143. The lowest BCUT2D eigenvalue weighted by Crippen LogP contribution is -2.21. The van der Waals surface area contributed by atoms with Gasteiger partial charge in [0.1, 0.15) is 6.61 Å². The number of ether oxygens (including phenoxy) is 1. The van der Waals surface area contributed by atoms with E-state index in [1.54, 1.807) is 19.2 Å². The third kappa shape index (κ3) is 4.83. The molecule has 0 aliphatic rings. The Morgan fingerprint density at radius 2 is 1.74 bits per heavy atom. The molecule has 0 aliphatic heterocycles. The highest BCUT2D eigenvalue weighted by Crippen LogP contribution is 2.21. The summed E-state index contributed by atoms with van der Waals surface area (Å²) in [5.41, 5.74) is 1.16. The molecule has 0 fully saturated rings. The zero-order valence-corrected chi connectivity index (χ0v) is 11.9. The third-order valence-electron chi connectivity index (χ3n) is 2.62. The van der Waals surface area contributed by atoms with Crippen LogP contribution >= 0.6 is 0 Å². The average Bonchev–Trinajstić information content (AvgIpc) is 2.35. The maximum Gasteiger partial charge on any atom is 0.320 e. The van der Waals surface area contributed by atoms with Crippen molar-refractivity contribution in [2.45, 2.75) is 27.4 Å². The minimum Gasteiger partial charge on any atom is -0.460 e. The summed E-state index contributed by atoms with van der Waals surface area (Å²) in [5, 5.41) is 2.73. The molecule has 0 heterocycles. The maximum atomic E-state index is 12.0. The van der Waals surface area contributed by atoms with Crippen molar-refractivity contribution in [3.8, 4) is 0 Å². The molecule has 19 heavy (non-hydrogen) atoms. The van der Waals surface area contributed by atoms with Crippen LogP contribution in [-0.2, 0) is 16.1 Å². The van der Waals surface area contributed by atoms with E-state index in [0.29, 0.717) is 5.56 Å². The molecule has 1 rings (SSSR count). The monoisotopic (exact) mass is 263 g/mol. The summed E-state index contributed by atoms with van der Waals surface area (Å²) in [6, 6.07) is 7.17. The van der Waals surface area contributed by atoms with E-state index in [0.717, 1.165) is 5.56 Å². The SMILES string of the molecule is CNCC(=O)OCc1ccc(C(=O)C(C)(C)C)cc1. The van der Waals surface area contributed by atoms with Crippen LogP contribution in [0.3, 0.4) is 0 Å². The molecule has 0 radical (unpaired) electrons. The Hall–Kier alpha value is -1.68. The van der Waals surface area contributed by atoms with Gasteiger partial charge in [0.25, 0.3) is 0 Å². The minimum atomic E-state index is -0.388. The Morgan fingerprint density at radius 3 is 2.21 bits per heavy atom. The molecule has 0 bridgehead atoms. The van der Waals surface area contributed by atoms with Crippen LogP contribution in [0, 0.1) is 5.41 Å². The van der Waals surface area contributed by atoms with Gasteiger partial charge in [-0.1, -0.05) is 45.0 Å². The summed E-state index contributed by atoms with van der Waals surface area (Å²) in [6.07, 6.45) is 0. The summed E-state index contributed by atoms with van der Waals surface area (Å²) in [7, 11) is 1.69. The molecule has 0 saturated heterocycles. The second-order valence-electron chi connectivity index (χ2n) is 5.47. The Bertz CT molecular complexity index is 443. The van der Waals surface area contributed by atoms with Crippen molar-refractivity contribution in [2.75, 3.05) is 13.6 Å². The maximum absolute atomic E-state index is 12.0. The van der Waals surface area contributed by atoms with Gasteiger partial charge in [0.15, 0.2) is 5.78 Å². The van der Waals surface area contributed by atoms with Gasteiger partial charge in [0.05, 0.1) is 6.54 Å². The van der Waals surface area contributed by atoms with Crippen molar-refractivity contribution in [2.24, 2.45) is 5.41 Å². The van der Waals surface area contributed by atoms with Crippen LogP contribution in [0.5, 0.6) is 0 Å². The summed E-state index contributed by atoms with van der Waals surface area (Å²) < 4.78 is 5.05. The van der Waals surface area contributed by atoms with E-state index in [9.17, 15) is 9.59 Å². The van der Waals surface area contributed by atoms with Crippen LogP contribution < -0.4 is 5.32 Å². The van der Waals surface area contributed by atoms with Gasteiger partial charge in [0.2, 0.25) is 0 Å². The number of carbonyl (C=O) groups excluding carboxylic acids is 2. The summed E-state index contributed by atoms with van der Waals surface area (Å²) in [5.74, 6) is -0.191. The summed E-state index contributed by atoms with van der Waals surface area (Å²) >= 11 is 0. The van der Waals surface area contributed by atoms with E-state index in [2.05, 4.69) is 5.32 Å². The van der Waals surface area contributed by atoms with Crippen molar-refractivity contribution >= 4 is 11.8 Å². The van der Waals surface area contributed by atoms with Crippen LogP contribution in [0.4, 0.5) is 0 Å². The normalized spacial score (nSPS) is 11.2. The fraction of sp³-hybridized carbons (Fsp3) is 0.467. The molecule has 104 valence electrons. The number of rotatable bonds is 5. The molecular formula is C15H21NO3. The van der Waals surface area contributed by atoms with E-state index in [1.165, 1.54) is 0 Å². The zero-order chi connectivity index (χ0) is 14.5. The van der Waals surface area contributed by atoms with Crippen molar-refractivity contribution < 1.29 is 14.3 Å². The molecule has 4 heteroatoms. The first kappa shape index (κ1) is 15.4. The molecule has 0 aromatic heterocycles. The predicted octanol–water partition coefficient (Wildman–Crippen LogP) is 2.18. The second-order valence-corrected chi connectivity index (χ2v) is 5.47. The van der Waals surface area contributed by atoms with Crippen molar-refractivity contribution in [1.82, 2.24) is 5.32 Å². The quantitative estimate of drug-likeness (QED) is 0.653. The van der Waals surface area contributed by atoms with Gasteiger partial charge in [-0.2, -0.15) is 0 Å². The summed E-state index contributed by atoms with van der Waals surface area (Å²) in [4.78, 5) is 23.2. The Kier molecular flexibility index (Phi) is 5.24. The van der Waals surface area contributed by atoms with Crippen LogP contribution in [0.1, 0.15) is 36.7 Å². The Morgan fingerprint density at radius 1 is 1.16 bits per heavy atom. The van der Waals surface area contributed by atoms with E-state index in [-0.39, 0.29) is 30.3 Å². The predicted molar refractivity (Wildman–Crippen MR) is 74.0 cm³/mol. The van der Waals surface area contributed by atoms with Crippen molar-refractivity contribution in [3.63, 3.8) is 0 Å². The van der Waals surface area contributed by atoms with E-state index in [1.807, 2.05) is 32.9 Å². The van der Waals surface area contributed by atoms with Crippen molar-refractivity contribution in [3.05, 3.63) is 35.4 Å². The number of likely N-dealkylation sites (N-methyl/N-ethyl adjacent to an activating group) is 1. The fourth-order valence-electron chi connectivity index (χ4n) is 1.54. The van der Waals surface area contributed by atoms with Crippen LogP contribution in [0.15, 0.2) is 24.3 Å². The number of benzene rings is 1. The van der Waals surface area contributed by atoms with Gasteiger partial charge < -0.3 is 10.1 Å². The highest BCUT2D eigenvalue weighted by molar-refractivity contribution is 5.99. The van der Waals surface area contributed by atoms with Gasteiger partial charge in [-0.3, -0.25) is 9.59 Å². The average molecular weight is 263 g/mol. The molecule has 4 nitrogen and oxygen atoms in total. The number of hydrogen-bond donors (Lipinski definition) is 1. The number of hydrogen-bond acceptors (Lipinski definition) is 4. The standard InChI is InChI=1S/C15H21NO3/c1-15(2,3)14(18)12-7-5-11(6-8-12)10-19-13(17)9-16-4/h5-8,16H,9-10H2,1-4H3. The first-order valence-electron chi connectivity index (χ1n) is 6.28. The fourth-order valence-corrected chi connectivity index (χ4v) is 1.54. The molecule has 0 atom stereocenters. The van der Waals surface area contributed by atoms with E-state index < -0.39 is 0 Å². The highest BCUT2D eigenvalue weighted by atomic mass is 16.5. The molecule has 1 N–H and O–H groups in total. The van der Waals surface area contributed by atoms with E-state index in [4.69, 9.17) is 4.74 Å². The first-order valence-corrected chi connectivity index (χ1v) is 6.28. The Balaban J connectivity index is 2.62. The lowest BCUT2D eigenvalue weighted by atomic mass is 9.86. The van der Waals surface area contributed by atoms with Crippen LogP contribution in [-0.4, -0.2) is 25.3 Å². The van der Waals surface area contributed by atoms with Gasteiger partial charge in [-0.05, 0) is 12.6 Å². The molecular weight excluding hydrogens is 242 g/mol. The lowest BCUT2D eigenvalue weighted by Gasteiger charge is -2.16. The van der Waals surface area contributed by atoms with E-state index >= 15 is 0 Å². The molecule has 0 unspecified atom stereocenters. The number of nitrogens with one attached hydrogen (secondary N) is 1. The molecule has 0 amide bonds. The molecule has 0 saturated carbocycles. The summed E-state index contributed by atoms with van der Waals surface area (Å²) in [6.45, 7) is 6.10. The van der Waals surface area contributed by atoms with Gasteiger partial charge in [-0.25, -0.2) is 0 Å². The Labute approximate surface area is 114 Å². The molecule has 0 spiro atoms. The van der Waals surface area contributed by atoms with Crippen molar-refractivity contribution in [1.29, 1.82) is 0 Å². The highest BCUT2D eigenvalue weighted by Gasteiger charge is 2.22. The number of carbonyl (C=O) groups is 2. The second kappa shape index (κ2) is 6.48.